The fraction of sp³-hybridized carbons (Fsp3) is 0.263. The minimum Gasteiger partial charge on any atom is -0.375 e. The van der Waals surface area contributed by atoms with Gasteiger partial charge in [0.25, 0.3) is 11.8 Å². The molecule has 0 saturated carbocycles. The van der Waals surface area contributed by atoms with E-state index in [0.29, 0.717) is 11.3 Å². The molecule has 1 aliphatic heterocycles. The summed E-state index contributed by atoms with van der Waals surface area (Å²) in [6.45, 7) is -0.185. The molecular formula is C19H18ClFN2O4. The van der Waals surface area contributed by atoms with Gasteiger partial charge < -0.3 is 20.1 Å². The van der Waals surface area contributed by atoms with E-state index in [1.54, 1.807) is 30.3 Å². The highest BCUT2D eigenvalue weighted by Gasteiger charge is 2.48. The number of aliphatic hydroxyl groups is 1. The van der Waals surface area contributed by atoms with Crippen LogP contribution < -0.4 is 10.2 Å². The van der Waals surface area contributed by atoms with Crippen LogP contribution in [0.5, 0.6) is 0 Å². The van der Waals surface area contributed by atoms with Crippen LogP contribution in [0, 0.1) is 5.82 Å². The number of benzene rings is 2. The van der Waals surface area contributed by atoms with Gasteiger partial charge in [-0.2, -0.15) is 0 Å². The molecule has 0 spiro atoms. The van der Waals surface area contributed by atoms with Crippen molar-refractivity contribution in [3.8, 4) is 0 Å². The van der Waals surface area contributed by atoms with Crippen LogP contribution in [0.3, 0.4) is 0 Å². The maximum Gasteiger partial charge on any atom is 0.271 e. The Morgan fingerprint density at radius 1 is 1.30 bits per heavy atom. The predicted molar refractivity (Wildman–Crippen MR) is 97.8 cm³/mol. The van der Waals surface area contributed by atoms with Crippen molar-refractivity contribution in [3.63, 3.8) is 0 Å². The number of nitrogens with one attached hydrogen (secondary N) is 1. The van der Waals surface area contributed by atoms with Gasteiger partial charge >= 0.3 is 0 Å². The largest absolute Gasteiger partial charge is 0.375 e. The minimum atomic E-state index is -2.39. The molecule has 0 aromatic heterocycles. The lowest BCUT2D eigenvalue weighted by Crippen LogP contribution is -2.59. The summed E-state index contributed by atoms with van der Waals surface area (Å²) < 4.78 is 18.7. The third-order valence-electron chi connectivity index (χ3n) is 4.19. The molecule has 6 nitrogen and oxygen atoms in total. The van der Waals surface area contributed by atoms with E-state index in [-0.39, 0.29) is 24.7 Å². The molecule has 1 aliphatic rings. The quantitative estimate of drug-likeness (QED) is 0.779. The summed E-state index contributed by atoms with van der Waals surface area (Å²) in [5.74, 6) is -2.24. The zero-order valence-electron chi connectivity index (χ0n) is 14.3. The molecule has 1 unspecified atom stereocenters. The van der Waals surface area contributed by atoms with E-state index >= 15 is 0 Å². The molecule has 1 atom stereocenters. The molecule has 1 fully saturated rings. The van der Waals surface area contributed by atoms with Gasteiger partial charge in [-0.05, 0) is 35.9 Å². The van der Waals surface area contributed by atoms with E-state index < -0.39 is 29.8 Å². The number of para-hydroxylation sites is 1. The number of carbonyl (C=O) groups is 2. The minimum absolute atomic E-state index is 0.1000. The number of rotatable bonds is 4. The van der Waals surface area contributed by atoms with Crippen molar-refractivity contribution in [1.29, 1.82) is 0 Å². The van der Waals surface area contributed by atoms with Gasteiger partial charge in [0.2, 0.25) is 5.60 Å². The Balaban J connectivity index is 1.77. The second-order valence-corrected chi connectivity index (χ2v) is 6.60. The molecule has 2 aromatic carbocycles. The number of nitrogens with zero attached hydrogens (tertiary/aromatic N) is 1. The van der Waals surface area contributed by atoms with E-state index in [1.807, 2.05) is 0 Å². The van der Waals surface area contributed by atoms with Crippen LogP contribution in [0.4, 0.5) is 10.1 Å². The first-order valence-electron chi connectivity index (χ1n) is 8.30. The summed E-state index contributed by atoms with van der Waals surface area (Å²) in [6.07, 6.45) is 0. The summed E-state index contributed by atoms with van der Waals surface area (Å²) in [5, 5.41) is 13.4. The van der Waals surface area contributed by atoms with Gasteiger partial charge in [-0.15, -0.1) is 0 Å². The normalized spacial score (nSPS) is 20.3. The molecule has 0 aliphatic carbocycles. The van der Waals surface area contributed by atoms with Crippen molar-refractivity contribution in [2.45, 2.75) is 12.1 Å². The highest BCUT2D eigenvalue weighted by Crippen LogP contribution is 2.22. The first-order chi connectivity index (χ1) is 12.9. The fourth-order valence-electron chi connectivity index (χ4n) is 2.82. The van der Waals surface area contributed by atoms with Crippen LogP contribution in [0.25, 0.3) is 0 Å². The van der Waals surface area contributed by atoms with E-state index in [0.717, 1.165) is 6.07 Å². The third kappa shape index (κ3) is 4.27. The number of amides is 2. The molecule has 1 saturated heterocycles. The Bertz CT molecular complexity index is 829. The molecule has 2 aromatic rings. The lowest BCUT2D eigenvalue weighted by molar-refractivity contribution is -0.156. The van der Waals surface area contributed by atoms with Crippen molar-refractivity contribution >= 4 is 29.1 Å². The van der Waals surface area contributed by atoms with Crippen LogP contribution in [-0.2, 0) is 20.9 Å². The lowest BCUT2D eigenvalue weighted by atomic mass is 10.0. The second-order valence-electron chi connectivity index (χ2n) is 6.17. The Labute approximate surface area is 160 Å². The fourth-order valence-corrected chi connectivity index (χ4v) is 3.07. The average molecular weight is 393 g/mol. The molecule has 0 radical (unpaired) electrons. The molecule has 2 amide bonds. The molecule has 8 heteroatoms. The average Bonchev–Trinajstić information content (AvgIpc) is 2.80. The van der Waals surface area contributed by atoms with E-state index in [1.165, 1.54) is 17.0 Å². The van der Waals surface area contributed by atoms with E-state index in [9.17, 15) is 19.1 Å². The van der Waals surface area contributed by atoms with Gasteiger partial charge in [-0.1, -0.05) is 29.8 Å². The number of carbonyl (C=O) groups excluding carboxylic acids is 2. The number of halogens is 2. The smallest absolute Gasteiger partial charge is 0.271 e. The summed E-state index contributed by atoms with van der Waals surface area (Å²) in [6, 6.07) is 12.5. The van der Waals surface area contributed by atoms with Crippen LogP contribution in [0.2, 0.25) is 5.02 Å². The highest BCUT2D eigenvalue weighted by atomic mass is 35.5. The Morgan fingerprint density at radius 2 is 2.04 bits per heavy atom. The summed E-state index contributed by atoms with van der Waals surface area (Å²) in [5.41, 5.74) is -1.43. The topological polar surface area (TPSA) is 78.9 Å². The number of ether oxygens (including phenoxy) is 1. The van der Waals surface area contributed by atoms with Crippen LogP contribution >= 0.6 is 11.6 Å². The lowest BCUT2D eigenvalue weighted by Gasteiger charge is -2.28. The van der Waals surface area contributed by atoms with E-state index in [4.69, 9.17) is 16.3 Å². The SMILES string of the molecule is O=C(NCc1cc(F)cc(Cl)c1)C1(O)COCCN(c2ccccc2)C1=O. The molecule has 0 bridgehead atoms. The van der Waals surface area contributed by atoms with Gasteiger partial charge in [0.15, 0.2) is 0 Å². The molecular weight excluding hydrogens is 375 g/mol. The van der Waals surface area contributed by atoms with Gasteiger partial charge in [0.1, 0.15) is 5.82 Å². The number of anilines is 1. The zero-order chi connectivity index (χ0) is 19.4. The third-order valence-corrected chi connectivity index (χ3v) is 4.41. The summed E-state index contributed by atoms with van der Waals surface area (Å²) in [7, 11) is 0. The molecule has 1 heterocycles. The van der Waals surface area contributed by atoms with Crippen LogP contribution in [0.15, 0.2) is 48.5 Å². The van der Waals surface area contributed by atoms with Crippen molar-refractivity contribution in [1.82, 2.24) is 5.32 Å². The highest BCUT2D eigenvalue weighted by molar-refractivity contribution is 6.30. The number of hydrogen-bond donors (Lipinski definition) is 2. The monoisotopic (exact) mass is 392 g/mol. The van der Waals surface area contributed by atoms with Crippen LogP contribution in [-0.4, -0.2) is 42.3 Å². The Hall–Kier alpha value is -2.48. The van der Waals surface area contributed by atoms with Gasteiger partial charge in [0, 0.05) is 23.8 Å². The maximum absolute atomic E-state index is 13.4. The molecule has 142 valence electrons. The van der Waals surface area contributed by atoms with Crippen molar-refractivity contribution in [2.24, 2.45) is 0 Å². The second kappa shape index (κ2) is 8.04. The van der Waals surface area contributed by atoms with Crippen molar-refractivity contribution in [2.75, 3.05) is 24.7 Å². The van der Waals surface area contributed by atoms with Gasteiger partial charge in [0.05, 0.1) is 13.2 Å². The maximum atomic E-state index is 13.4. The number of hydrogen-bond acceptors (Lipinski definition) is 4. The van der Waals surface area contributed by atoms with E-state index in [2.05, 4.69) is 5.32 Å². The Kier molecular flexibility index (Phi) is 5.74. The first-order valence-corrected chi connectivity index (χ1v) is 8.68. The van der Waals surface area contributed by atoms with Crippen molar-refractivity contribution in [3.05, 3.63) is 64.9 Å². The van der Waals surface area contributed by atoms with Crippen LogP contribution in [0.1, 0.15) is 5.56 Å². The van der Waals surface area contributed by atoms with Gasteiger partial charge in [-0.3, -0.25) is 9.59 Å². The molecule has 27 heavy (non-hydrogen) atoms. The standard InChI is InChI=1S/C19H18ClFN2O4/c20-14-8-13(9-15(21)10-14)11-22-17(24)19(26)12-27-7-6-23(18(19)25)16-4-2-1-3-5-16/h1-5,8-10,26H,6-7,11-12H2,(H,22,24). The zero-order valence-corrected chi connectivity index (χ0v) is 15.1. The van der Waals surface area contributed by atoms with Gasteiger partial charge in [-0.25, -0.2) is 4.39 Å². The summed E-state index contributed by atoms with van der Waals surface area (Å²) >= 11 is 5.79. The Morgan fingerprint density at radius 3 is 2.74 bits per heavy atom. The molecule has 3 rings (SSSR count). The predicted octanol–water partition coefficient (Wildman–Crippen LogP) is 1.89. The molecule has 2 N–H and O–H groups in total. The first kappa shape index (κ1) is 19.3. The summed E-state index contributed by atoms with van der Waals surface area (Å²) in [4.78, 5) is 26.8. The van der Waals surface area contributed by atoms with Crippen molar-refractivity contribution < 1.29 is 23.8 Å².